The lowest BCUT2D eigenvalue weighted by Gasteiger charge is -2.20. The number of amides is 5. The van der Waals surface area contributed by atoms with E-state index < -0.39 is 24.0 Å². The molecule has 0 aliphatic carbocycles. The van der Waals surface area contributed by atoms with Gasteiger partial charge in [0.15, 0.2) is 0 Å². The summed E-state index contributed by atoms with van der Waals surface area (Å²) >= 11 is 0. The maximum atomic E-state index is 12.4. The summed E-state index contributed by atoms with van der Waals surface area (Å²) < 4.78 is 5.08. The Labute approximate surface area is 153 Å². The predicted molar refractivity (Wildman–Crippen MR) is 92.6 cm³/mol. The van der Waals surface area contributed by atoms with Gasteiger partial charge in [0.05, 0.1) is 25.6 Å². The van der Waals surface area contributed by atoms with Crippen molar-refractivity contribution in [2.24, 2.45) is 5.10 Å². The summed E-state index contributed by atoms with van der Waals surface area (Å²) in [5.74, 6) is -0.604. The van der Waals surface area contributed by atoms with E-state index in [9.17, 15) is 19.5 Å². The topological polar surface area (TPSA) is 139 Å². The van der Waals surface area contributed by atoms with Crippen molar-refractivity contribution in [3.05, 3.63) is 54.0 Å². The zero-order valence-electron chi connectivity index (χ0n) is 14.0. The highest BCUT2D eigenvalue weighted by atomic mass is 16.3. The number of rotatable bonds is 5. The van der Waals surface area contributed by atoms with Crippen molar-refractivity contribution in [1.82, 2.24) is 21.0 Å². The first-order chi connectivity index (χ1) is 13.0. The van der Waals surface area contributed by atoms with Crippen LogP contribution in [0.5, 0.6) is 5.75 Å². The predicted octanol–water partition coefficient (Wildman–Crippen LogP) is 1.32. The summed E-state index contributed by atoms with van der Waals surface area (Å²) in [4.78, 5) is 37.2. The molecule has 1 fully saturated rings. The Morgan fingerprint density at radius 3 is 2.63 bits per heavy atom. The number of imide groups is 1. The summed E-state index contributed by atoms with van der Waals surface area (Å²) in [7, 11) is 0. The van der Waals surface area contributed by atoms with Gasteiger partial charge in [0.1, 0.15) is 17.6 Å². The van der Waals surface area contributed by atoms with Gasteiger partial charge in [-0.1, -0.05) is 12.1 Å². The van der Waals surface area contributed by atoms with Crippen LogP contribution in [0.15, 0.2) is 52.2 Å². The van der Waals surface area contributed by atoms with E-state index in [1.165, 1.54) is 36.7 Å². The second-order valence-electron chi connectivity index (χ2n) is 5.66. The lowest BCUT2D eigenvalue weighted by atomic mass is 10.1. The van der Waals surface area contributed by atoms with Gasteiger partial charge in [-0.2, -0.15) is 5.10 Å². The van der Waals surface area contributed by atoms with Gasteiger partial charge in [-0.3, -0.25) is 10.5 Å². The van der Waals surface area contributed by atoms with Gasteiger partial charge in [-0.05, 0) is 29.8 Å². The van der Waals surface area contributed by atoms with Crippen LogP contribution < -0.4 is 11.1 Å². The Kier molecular flexibility index (Phi) is 5.06. The molecule has 1 aromatic heterocycles. The van der Waals surface area contributed by atoms with E-state index in [1.807, 2.05) is 0 Å². The fourth-order valence-corrected chi connectivity index (χ4v) is 2.48. The van der Waals surface area contributed by atoms with E-state index >= 15 is 0 Å². The zero-order valence-corrected chi connectivity index (χ0v) is 14.0. The molecule has 2 heterocycles. The molecule has 1 aliphatic rings. The first-order valence-electron chi connectivity index (χ1n) is 7.97. The molecule has 10 heteroatoms. The van der Waals surface area contributed by atoms with Crippen molar-refractivity contribution in [2.45, 2.75) is 6.04 Å². The molecule has 0 spiro atoms. The molecule has 1 atom stereocenters. The lowest BCUT2D eigenvalue weighted by Crippen LogP contribution is -2.45. The summed E-state index contributed by atoms with van der Waals surface area (Å²) in [6, 6.07) is 6.12. The summed E-state index contributed by atoms with van der Waals surface area (Å²) in [5, 5.41) is 16.8. The monoisotopic (exact) mass is 370 g/mol. The van der Waals surface area contributed by atoms with Crippen molar-refractivity contribution in [3.63, 3.8) is 0 Å². The standard InChI is InChI=1S/C17H16N5O5/c18-15(24)14(11-3-5-12(23)6-4-11)20-16(25)21-7-8-22(17(21)26)19-10-13-2-1-9-27-13/h1-6,9-10,14,18,23H,7-8H2,(H,20,25)/b19-10+. The van der Waals surface area contributed by atoms with Crippen LogP contribution in [0.1, 0.15) is 17.4 Å². The van der Waals surface area contributed by atoms with Crippen LogP contribution in [0, 0.1) is 0 Å². The van der Waals surface area contributed by atoms with E-state index in [-0.39, 0.29) is 18.8 Å². The average molecular weight is 370 g/mol. The number of aromatic hydroxyl groups is 1. The number of phenols is 1. The van der Waals surface area contributed by atoms with Crippen LogP contribution in [-0.2, 0) is 4.79 Å². The van der Waals surface area contributed by atoms with Crippen molar-refractivity contribution >= 4 is 24.2 Å². The molecule has 0 bridgehead atoms. The van der Waals surface area contributed by atoms with E-state index in [2.05, 4.69) is 10.4 Å². The summed E-state index contributed by atoms with van der Waals surface area (Å²) in [6.07, 6.45) is 2.82. The molecule has 1 aromatic carbocycles. The minimum atomic E-state index is -1.26. The Balaban J connectivity index is 1.67. The number of nitrogens with one attached hydrogen (secondary N) is 2. The smallest absolute Gasteiger partial charge is 0.348 e. The Bertz CT molecular complexity index is 862. The Hall–Kier alpha value is -3.82. The average Bonchev–Trinajstić information content (AvgIpc) is 3.28. The molecule has 1 saturated heterocycles. The molecule has 1 aliphatic heterocycles. The van der Waals surface area contributed by atoms with Crippen molar-refractivity contribution < 1.29 is 23.9 Å². The summed E-state index contributed by atoms with van der Waals surface area (Å²) in [5.41, 5.74) is 7.68. The van der Waals surface area contributed by atoms with Crippen molar-refractivity contribution in [3.8, 4) is 5.75 Å². The van der Waals surface area contributed by atoms with Gasteiger partial charge < -0.3 is 14.8 Å². The van der Waals surface area contributed by atoms with Gasteiger partial charge in [-0.15, -0.1) is 0 Å². The lowest BCUT2D eigenvalue weighted by molar-refractivity contribution is -0.120. The van der Waals surface area contributed by atoms with Gasteiger partial charge in [0, 0.05) is 0 Å². The third-order valence-electron chi connectivity index (χ3n) is 3.86. The Morgan fingerprint density at radius 2 is 2.00 bits per heavy atom. The van der Waals surface area contributed by atoms with Gasteiger partial charge in [-0.25, -0.2) is 19.5 Å². The largest absolute Gasteiger partial charge is 0.508 e. The molecule has 5 amide bonds. The summed E-state index contributed by atoms with van der Waals surface area (Å²) in [6.45, 7) is 0.261. The van der Waals surface area contributed by atoms with E-state index in [4.69, 9.17) is 10.2 Å². The van der Waals surface area contributed by atoms with Gasteiger partial charge in [0.2, 0.25) is 0 Å². The molecule has 3 N–H and O–H groups in total. The van der Waals surface area contributed by atoms with Crippen LogP contribution in [-0.4, -0.2) is 52.3 Å². The number of carbonyl (C=O) groups is 3. The molecule has 2 aromatic rings. The minimum Gasteiger partial charge on any atom is -0.508 e. The SMILES string of the molecule is [NH]C(=O)C(NC(=O)N1CCN(/N=C/c2ccco2)C1=O)c1ccc(O)cc1. The highest BCUT2D eigenvalue weighted by Gasteiger charge is 2.35. The van der Waals surface area contributed by atoms with Crippen LogP contribution in [0.25, 0.3) is 0 Å². The maximum absolute atomic E-state index is 12.4. The molecule has 10 nitrogen and oxygen atoms in total. The number of furan rings is 1. The zero-order chi connectivity index (χ0) is 19.4. The minimum absolute atomic E-state index is 0.0129. The van der Waals surface area contributed by atoms with E-state index in [1.54, 1.807) is 12.1 Å². The molecule has 1 radical (unpaired) electrons. The van der Waals surface area contributed by atoms with Crippen LogP contribution >= 0.6 is 0 Å². The van der Waals surface area contributed by atoms with E-state index in [0.717, 1.165) is 9.91 Å². The number of hydrazone groups is 1. The molecule has 139 valence electrons. The van der Waals surface area contributed by atoms with Crippen LogP contribution in [0.3, 0.4) is 0 Å². The second-order valence-corrected chi connectivity index (χ2v) is 5.66. The van der Waals surface area contributed by atoms with E-state index in [0.29, 0.717) is 11.3 Å². The number of urea groups is 2. The fourth-order valence-electron chi connectivity index (χ4n) is 2.48. The van der Waals surface area contributed by atoms with Gasteiger partial charge in [0.25, 0.3) is 5.91 Å². The number of carbonyl (C=O) groups excluding carboxylic acids is 3. The molecule has 1 unspecified atom stereocenters. The van der Waals surface area contributed by atoms with Crippen molar-refractivity contribution in [2.75, 3.05) is 13.1 Å². The van der Waals surface area contributed by atoms with Crippen molar-refractivity contribution in [1.29, 1.82) is 0 Å². The number of benzene rings is 1. The fraction of sp³-hybridized carbons (Fsp3) is 0.176. The highest BCUT2D eigenvalue weighted by Crippen LogP contribution is 2.18. The molecule has 27 heavy (non-hydrogen) atoms. The number of hydrogen-bond acceptors (Lipinski definition) is 6. The highest BCUT2D eigenvalue weighted by molar-refractivity contribution is 5.97. The van der Waals surface area contributed by atoms with Crippen LogP contribution in [0.2, 0.25) is 0 Å². The van der Waals surface area contributed by atoms with Crippen LogP contribution in [0.4, 0.5) is 9.59 Å². The quantitative estimate of drug-likeness (QED) is 0.764. The maximum Gasteiger partial charge on any atom is 0.348 e. The Morgan fingerprint density at radius 1 is 1.26 bits per heavy atom. The molecular formula is C17H16N5O5. The third kappa shape index (κ3) is 4.06. The number of nitrogens with zero attached hydrogens (tertiary/aromatic N) is 3. The second kappa shape index (κ2) is 7.60. The first kappa shape index (κ1) is 18.0. The normalized spacial score (nSPS) is 15.3. The number of hydrogen-bond donors (Lipinski definition) is 2. The molecular weight excluding hydrogens is 354 g/mol. The van der Waals surface area contributed by atoms with Gasteiger partial charge >= 0.3 is 12.1 Å². The molecule has 0 saturated carbocycles. The molecule has 3 rings (SSSR count). The first-order valence-corrected chi connectivity index (χ1v) is 7.97. The number of phenolic OH excluding ortho intramolecular Hbond substituents is 1. The third-order valence-corrected chi connectivity index (χ3v) is 3.86.